The van der Waals surface area contributed by atoms with Crippen LogP contribution in [0.3, 0.4) is 0 Å². The Morgan fingerprint density at radius 2 is 2.16 bits per heavy atom. The van der Waals surface area contributed by atoms with Crippen LogP contribution in [0.25, 0.3) is 0 Å². The predicted octanol–water partition coefficient (Wildman–Crippen LogP) is 1.49. The first-order valence-corrected chi connectivity index (χ1v) is 6.90. The lowest BCUT2D eigenvalue weighted by molar-refractivity contribution is 0.0690. The minimum Gasteiger partial charge on any atom is -0.476 e. The van der Waals surface area contributed by atoms with Gasteiger partial charge in [0, 0.05) is 12.6 Å². The second-order valence-corrected chi connectivity index (χ2v) is 5.57. The SMILES string of the molecule is CC1CCC(N(C)CCn2cc(C(=O)O)nn2)CC1. The van der Waals surface area contributed by atoms with Gasteiger partial charge < -0.3 is 10.0 Å². The molecule has 1 N–H and O–H groups in total. The van der Waals surface area contributed by atoms with Gasteiger partial charge in [-0.1, -0.05) is 12.1 Å². The van der Waals surface area contributed by atoms with Crippen molar-refractivity contribution < 1.29 is 9.90 Å². The summed E-state index contributed by atoms with van der Waals surface area (Å²) in [7, 11) is 2.13. The number of hydrogen-bond acceptors (Lipinski definition) is 4. The largest absolute Gasteiger partial charge is 0.476 e. The molecule has 0 bridgehead atoms. The summed E-state index contributed by atoms with van der Waals surface area (Å²) < 4.78 is 1.60. The first-order chi connectivity index (χ1) is 9.06. The van der Waals surface area contributed by atoms with Crippen LogP contribution in [0.1, 0.15) is 43.1 Å². The molecule has 2 rings (SSSR count). The average molecular weight is 266 g/mol. The Bertz CT molecular complexity index is 424. The van der Waals surface area contributed by atoms with Crippen molar-refractivity contribution >= 4 is 5.97 Å². The molecule has 0 aliphatic heterocycles. The van der Waals surface area contributed by atoms with Crippen molar-refractivity contribution in [2.45, 2.75) is 45.2 Å². The molecule has 1 aromatic heterocycles. The van der Waals surface area contributed by atoms with Crippen molar-refractivity contribution in [3.05, 3.63) is 11.9 Å². The summed E-state index contributed by atoms with van der Waals surface area (Å²) in [5, 5.41) is 16.2. The van der Waals surface area contributed by atoms with Crippen LogP contribution < -0.4 is 0 Å². The van der Waals surface area contributed by atoms with E-state index in [9.17, 15) is 4.79 Å². The normalized spacial score (nSPS) is 23.7. The van der Waals surface area contributed by atoms with E-state index >= 15 is 0 Å². The maximum atomic E-state index is 10.7. The molecule has 1 fully saturated rings. The van der Waals surface area contributed by atoms with Gasteiger partial charge in [-0.25, -0.2) is 4.79 Å². The van der Waals surface area contributed by atoms with E-state index in [2.05, 4.69) is 29.2 Å². The Hall–Kier alpha value is -1.43. The maximum absolute atomic E-state index is 10.7. The van der Waals surface area contributed by atoms with E-state index in [0.29, 0.717) is 12.6 Å². The summed E-state index contributed by atoms with van der Waals surface area (Å²) in [6, 6.07) is 0.652. The third-order valence-corrected chi connectivity index (χ3v) is 4.05. The molecule has 0 atom stereocenters. The minimum absolute atomic E-state index is 0.00847. The van der Waals surface area contributed by atoms with E-state index in [1.807, 2.05) is 0 Å². The molecule has 1 aliphatic carbocycles. The quantitative estimate of drug-likeness (QED) is 0.874. The molecule has 0 aromatic carbocycles. The van der Waals surface area contributed by atoms with E-state index in [-0.39, 0.29) is 5.69 Å². The van der Waals surface area contributed by atoms with Gasteiger partial charge in [-0.3, -0.25) is 4.68 Å². The fourth-order valence-electron chi connectivity index (χ4n) is 2.63. The van der Waals surface area contributed by atoms with Gasteiger partial charge in [-0.15, -0.1) is 5.10 Å². The van der Waals surface area contributed by atoms with Crippen molar-refractivity contribution in [1.82, 2.24) is 19.9 Å². The number of hydrogen-bond donors (Lipinski definition) is 1. The third kappa shape index (κ3) is 3.76. The molecule has 1 aliphatic rings. The van der Waals surface area contributed by atoms with Crippen molar-refractivity contribution in [2.24, 2.45) is 5.92 Å². The van der Waals surface area contributed by atoms with E-state index in [0.717, 1.165) is 12.5 Å². The highest BCUT2D eigenvalue weighted by Gasteiger charge is 2.21. The number of nitrogens with zero attached hydrogens (tertiary/aromatic N) is 4. The fourth-order valence-corrected chi connectivity index (χ4v) is 2.63. The topological polar surface area (TPSA) is 71.2 Å². The van der Waals surface area contributed by atoms with Crippen molar-refractivity contribution in [2.75, 3.05) is 13.6 Å². The number of carboxylic acids is 1. The summed E-state index contributed by atoms with van der Waals surface area (Å²) in [6.45, 7) is 3.88. The highest BCUT2D eigenvalue weighted by Crippen LogP contribution is 2.26. The van der Waals surface area contributed by atoms with Crippen LogP contribution >= 0.6 is 0 Å². The molecular formula is C13H22N4O2. The molecule has 0 radical (unpaired) electrons. The Labute approximate surface area is 113 Å². The lowest BCUT2D eigenvalue weighted by atomic mass is 9.87. The fraction of sp³-hybridized carbons (Fsp3) is 0.769. The van der Waals surface area contributed by atoms with Crippen LogP contribution in [0.5, 0.6) is 0 Å². The van der Waals surface area contributed by atoms with Crippen LogP contribution in [0.4, 0.5) is 0 Å². The maximum Gasteiger partial charge on any atom is 0.358 e. The predicted molar refractivity (Wildman–Crippen MR) is 71.0 cm³/mol. The van der Waals surface area contributed by atoms with Gasteiger partial charge in [0.15, 0.2) is 5.69 Å². The molecule has 0 saturated heterocycles. The molecule has 106 valence electrons. The molecule has 1 heterocycles. The lowest BCUT2D eigenvalue weighted by Gasteiger charge is -2.33. The van der Waals surface area contributed by atoms with Crippen molar-refractivity contribution in [3.63, 3.8) is 0 Å². The first kappa shape index (κ1) is 14.0. The minimum atomic E-state index is -1.03. The molecule has 19 heavy (non-hydrogen) atoms. The zero-order valence-electron chi connectivity index (χ0n) is 11.6. The number of rotatable bonds is 5. The molecule has 0 spiro atoms. The highest BCUT2D eigenvalue weighted by atomic mass is 16.4. The summed E-state index contributed by atoms with van der Waals surface area (Å²) in [6.07, 6.45) is 6.62. The van der Waals surface area contributed by atoms with Gasteiger partial charge in [-0.2, -0.15) is 0 Å². The Morgan fingerprint density at radius 1 is 1.47 bits per heavy atom. The molecule has 1 saturated carbocycles. The van der Waals surface area contributed by atoms with Gasteiger partial charge in [-0.05, 0) is 38.6 Å². The highest BCUT2D eigenvalue weighted by molar-refractivity contribution is 5.84. The monoisotopic (exact) mass is 266 g/mol. The number of carbonyl (C=O) groups is 1. The second-order valence-electron chi connectivity index (χ2n) is 5.57. The van der Waals surface area contributed by atoms with Gasteiger partial charge in [0.05, 0.1) is 12.7 Å². The van der Waals surface area contributed by atoms with Crippen LogP contribution in [-0.4, -0.2) is 50.6 Å². The summed E-state index contributed by atoms with van der Waals surface area (Å²) in [5.41, 5.74) is 0.00847. The number of carboxylic acid groups (broad SMARTS) is 1. The molecular weight excluding hydrogens is 244 g/mol. The second kappa shape index (κ2) is 6.14. The number of aromatic carboxylic acids is 1. The Balaban J connectivity index is 1.79. The standard InChI is InChI=1S/C13H22N4O2/c1-10-3-5-11(6-4-10)16(2)7-8-17-9-12(13(18)19)14-15-17/h9-11H,3-8H2,1-2H3,(H,18,19). The van der Waals surface area contributed by atoms with E-state index in [1.165, 1.54) is 31.9 Å². The zero-order chi connectivity index (χ0) is 13.8. The molecule has 6 heteroatoms. The van der Waals surface area contributed by atoms with E-state index in [4.69, 9.17) is 5.11 Å². The van der Waals surface area contributed by atoms with E-state index < -0.39 is 5.97 Å². The van der Waals surface area contributed by atoms with Gasteiger partial charge in [0.25, 0.3) is 0 Å². The lowest BCUT2D eigenvalue weighted by Crippen LogP contribution is -2.36. The third-order valence-electron chi connectivity index (χ3n) is 4.05. The van der Waals surface area contributed by atoms with Crippen molar-refractivity contribution in [3.8, 4) is 0 Å². The average Bonchev–Trinajstić information content (AvgIpc) is 2.86. The summed E-state index contributed by atoms with van der Waals surface area (Å²) >= 11 is 0. The molecule has 1 aromatic rings. The molecule has 0 amide bonds. The number of aromatic nitrogens is 3. The van der Waals surface area contributed by atoms with Gasteiger partial charge in [0.2, 0.25) is 0 Å². The Kier molecular flexibility index (Phi) is 4.52. The van der Waals surface area contributed by atoms with Gasteiger partial charge in [0.1, 0.15) is 0 Å². The van der Waals surface area contributed by atoms with Crippen LogP contribution in [0.15, 0.2) is 6.20 Å². The Morgan fingerprint density at radius 3 is 2.74 bits per heavy atom. The van der Waals surface area contributed by atoms with Crippen molar-refractivity contribution in [1.29, 1.82) is 0 Å². The summed E-state index contributed by atoms with van der Waals surface area (Å²) in [4.78, 5) is 13.1. The van der Waals surface area contributed by atoms with Crippen LogP contribution in [0, 0.1) is 5.92 Å². The van der Waals surface area contributed by atoms with E-state index in [1.54, 1.807) is 4.68 Å². The van der Waals surface area contributed by atoms with Crippen LogP contribution in [-0.2, 0) is 6.54 Å². The molecule has 6 nitrogen and oxygen atoms in total. The zero-order valence-corrected chi connectivity index (χ0v) is 11.6. The van der Waals surface area contributed by atoms with Crippen LogP contribution in [0.2, 0.25) is 0 Å². The molecule has 0 unspecified atom stereocenters. The summed E-state index contributed by atoms with van der Waals surface area (Å²) in [5.74, 6) is -0.168. The smallest absolute Gasteiger partial charge is 0.358 e. The van der Waals surface area contributed by atoms with Gasteiger partial charge >= 0.3 is 5.97 Å². The first-order valence-electron chi connectivity index (χ1n) is 6.90. The number of likely N-dealkylation sites (N-methyl/N-ethyl adjacent to an activating group) is 1.